The Morgan fingerprint density at radius 1 is 1.27 bits per heavy atom. The number of morpholine rings is 1. The second-order valence-electron chi connectivity index (χ2n) is 3.25. The van der Waals surface area contributed by atoms with Gasteiger partial charge >= 0.3 is 0 Å². The Kier molecular flexibility index (Phi) is 5.12. The van der Waals surface area contributed by atoms with Gasteiger partial charge in [0.2, 0.25) is 0 Å². The van der Waals surface area contributed by atoms with Gasteiger partial charge in [0.15, 0.2) is 0 Å². The highest BCUT2D eigenvalue weighted by Gasteiger charge is 2.10. The maximum atomic E-state index is 5.29. The minimum absolute atomic E-state index is 0.835. The summed E-state index contributed by atoms with van der Waals surface area (Å²) in [7, 11) is 0. The first-order valence-corrected chi connectivity index (χ1v) is 5.61. The molecule has 1 aromatic heterocycles. The van der Waals surface area contributed by atoms with Gasteiger partial charge in [0.25, 0.3) is 0 Å². The predicted molar refractivity (Wildman–Crippen MR) is 63.4 cm³/mol. The summed E-state index contributed by atoms with van der Waals surface area (Å²) in [6, 6.07) is 4.17. The van der Waals surface area contributed by atoms with Crippen LogP contribution in [0.2, 0.25) is 0 Å². The SMILES string of the molecule is CC.Cc1cc(N2CCOCC2)ccn1. The van der Waals surface area contributed by atoms with Gasteiger partial charge in [0, 0.05) is 30.7 Å². The number of nitrogens with zero attached hydrogens (tertiary/aromatic N) is 2. The van der Waals surface area contributed by atoms with E-state index in [0.29, 0.717) is 0 Å². The lowest BCUT2D eigenvalue weighted by atomic mass is 10.3. The van der Waals surface area contributed by atoms with E-state index in [1.807, 2.05) is 27.0 Å². The van der Waals surface area contributed by atoms with Crippen LogP contribution in [-0.2, 0) is 4.74 Å². The monoisotopic (exact) mass is 208 g/mol. The highest BCUT2D eigenvalue weighted by molar-refractivity contribution is 5.46. The molecule has 0 unspecified atom stereocenters. The molecule has 1 aromatic rings. The fraction of sp³-hybridized carbons (Fsp3) is 0.583. The number of aromatic nitrogens is 1. The first-order valence-electron chi connectivity index (χ1n) is 5.61. The Labute approximate surface area is 92.1 Å². The van der Waals surface area contributed by atoms with E-state index in [9.17, 15) is 0 Å². The third kappa shape index (κ3) is 3.51. The number of hydrogen-bond donors (Lipinski definition) is 0. The van der Waals surface area contributed by atoms with Gasteiger partial charge in [0.05, 0.1) is 13.2 Å². The van der Waals surface area contributed by atoms with Gasteiger partial charge in [-0.05, 0) is 19.1 Å². The van der Waals surface area contributed by atoms with Crippen molar-refractivity contribution in [2.24, 2.45) is 0 Å². The second kappa shape index (κ2) is 6.40. The van der Waals surface area contributed by atoms with Crippen molar-refractivity contribution < 1.29 is 4.74 Å². The molecule has 3 heteroatoms. The van der Waals surface area contributed by atoms with Crippen molar-refractivity contribution in [2.75, 3.05) is 31.2 Å². The van der Waals surface area contributed by atoms with Gasteiger partial charge in [-0.3, -0.25) is 4.98 Å². The Bertz CT molecular complexity index is 283. The molecule has 0 aromatic carbocycles. The standard InChI is InChI=1S/C10H14N2O.C2H6/c1-9-8-10(2-3-11-9)12-4-6-13-7-5-12;1-2/h2-3,8H,4-7H2,1H3;1-2H3. The molecule has 0 atom stereocenters. The van der Waals surface area contributed by atoms with Crippen LogP contribution in [-0.4, -0.2) is 31.3 Å². The Hall–Kier alpha value is -1.09. The molecule has 1 aliphatic heterocycles. The van der Waals surface area contributed by atoms with Gasteiger partial charge < -0.3 is 9.64 Å². The van der Waals surface area contributed by atoms with Crippen LogP contribution in [0.15, 0.2) is 18.3 Å². The number of pyridine rings is 1. The molecule has 15 heavy (non-hydrogen) atoms. The molecule has 0 radical (unpaired) electrons. The summed E-state index contributed by atoms with van der Waals surface area (Å²) < 4.78 is 5.29. The zero-order valence-electron chi connectivity index (χ0n) is 9.86. The molecule has 1 saturated heterocycles. The molecule has 2 rings (SSSR count). The van der Waals surface area contributed by atoms with Gasteiger partial charge in [-0.15, -0.1) is 0 Å². The molecular weight excluding hydrogens is 188 g/mol. The normalized spacial score (nSPS) is 15.5. The van der Waals surface area contributed by atoms with Gasteiger partial charge in [0.1, 0.15) is 0 Å². The molecule has 0 amide bonds. The van der Waals surface area contributed by atoms with Crippen LogP contribution >= 0.6 is 0 Å². The van der Waals surface area contributed by atoms with Gasteiger partial charge in [-0.1, -0.05) is 13.8 Å². The van der Waals surface area contributed by atoms with Crippen LogP contribution in [0, 0.1) is 6.92 Å². The number of rotatable bonds is 1. The number of ether oxygens (including phenoxy) is 1. The van der Waals surface area contributed by atoms with E-state index in [1.54, 1.807) is 0 Å². The summed E-state index contributed by atoms with van der Waals surface area (Å²) in [5, 5.41) is 0. The number of hydrogen-bond acceptors (Lipinski definition) is 3. The third-order valence-electron chi connectivity index (χ3n) is 2.26. The predicted octanol–water partition coefficient (Wildman–Crippen LogP) is 2.25. The minimum atomic E-state index is 0.835. The lowest BCUT2D eigenvalue weighted by Gasteiger charge is -2.28. The molecule has 0 N–H and O–H groups in total. The summed E-state index contributed by atoms with van der Waals surface area (Å²) >= 11 is 0. The summed E-state index contributed by atoms with van der Waals surface area (Å²) in [5.74, 6) is 0. The number of aryl methyl sites for hydroxylation is 1. The molecule has 1 fully saturated rings. The molecule has 0 saturated carbocycles. The molecule has 3 nitrogen and oxygen atoms in total. The van der Waals surface area contributed by atoms with E-state index in [2.05, 4.69) is 22.0 Å². The van der Waals surface area contributed by atoms with Gasteiger partial charge in [-0.2, -0.15) is 0 Å². The molecule has 0 spiro atoms. The van der Waals surface area contributed by atoms with Crippen molar-refractivity contribution in [1.82, 2.24) is 4.98 Å². The van der Waals surface area contributed by atoms with Crippen LogP contribution in [0.5, 0.6) is 0 Å². The van der Waals surface area contributed by atoms with Crippen molar-refractivity contribution in [3.63, 3.8) is 0 Å². The average molecular weight is 208 g/mol. The highest BCUT2D eigenvalue weighted by Crippen LogP contribution is 2.15. The molecule has 2 heterocycles. The van der Waals surface area contributed by atoms with Crippen LogP contribution < -0.4 is 4.90 Å². The zero-order valence-corrected chi connectivity index (χ0v) is 9.86. The highest BCUT2D eigenvalue weighted by atomic mass is 16.5. The van der Waals surface area contributed by atoms with Crippen LogP contribution in [0.4, 0.5) is 5.69 Å². The van der Waals surface area contributed by atoms with E-state index < -0.39 is 0 Å². The molecule has 0 aliphatic carbocycles. The van der Waals surface area contributed by atoms with Crippen molar-refractivity contribution in [1.29, 1.82) is 0 Å². The topological polar surface area (TPSA) is 25.4 Å². The maximum absolute atomic E-state index is 5.29. The van der Waals surface area contributed by atoms with Crippen LogP contribution in [0.3, 0.4) is 0 Å². The minimum Gasteiger partial charge on any atom is -0.378 e. The first kappa shape index (κ1) is 12.0. The van der Waals surface area contributed by atoms with E-state index in [4.69, 9.17) is 4.74 Å². The van der Waals surface area contributed by atoms with Crippen molar-refractivity contribution in [3.8, 4) is 0 Å². The third-order valence-corrected chi connectivity index (χ3v) is 2.26. The lowest BCUT2D eigenvalue weighted by molar-refractivity contribution is 0.122. The van der Waals surface area contributed by atoms with E-state index >= 15 is 0 Å². The molecular formula is C12H20N2O. The quantitative estimate of drug-likeness (QED) is 0.708. The number of anilines is 1. The van der Waals surface area contributed by atoms with Crippen LogP contribution in [0.1, 0.15) is 19.5 Å². The molecule has 0 bridgehead atoms. The smallest absolute Gasteiger partial charge is 0.0642 e. The van der Waals surface area contributed by atoms with Crippen molar-refractivity contribution >= 4 is 5.69 Å². The van der Waals surface area contributed by atoms with E-state index in [0.717, 1.165) is 32.0 Å². The van der Waals surface area contributed by atoms with E-state index in [1.165, 1.54) is 5.69 Å². The molecule has 1 aliphatic rings. The van der Waals surface area contributed by atoms with Gasteiger partial charge in [-0.25, -0.2) is 0 Å². The lowest BCUT2D eigenvalue weighted by Crippen LogP contribution is -2.36. The van der Waals surface area contributed by atoms with Crippen molar-refractivity contribution in [3.05, 3.63) is 24.0 Å². The average Bonchev–Trinajstić information content (AvgIpc) is 2.33. The Morgan fingerprint density at radius 3 is 2.53 bits per heavy atom. The largest absolute Gasteiger partial charge is 0.378 e. The van der Waals surface area contributed by atoms with Crippen molar-refractivity contribution in [2.45, 2.75) is 20.8 Å². The summed E-state index contributed by atoms with van der Waals surface area (Å²) in [6.07, 6.45) is 1.86. The Morgan fingerprint density at radius 2 is 1.93 bits per heavy atom. The first-order chi connectivity index (χ1) is 7.36. The fourth-order valence-corrected chi connectivity index (χ4v) is 1.55. The Balaban J connectivity index is 0.000000531. The summed E-state index contributed by atoms with van der Waals surface area (Å²) in [5.41, 5.74) is 2.33. The van der Waals surface area contributed by atoms with E-state index in [-0.39, 0.29) is 0 Å². The molecule has 84 valence electrons. The van der Waals surface area contributed by atoms with Crippen LogP contribution in [0.25, 0.3) is 0 Å². The zero-order chi connectivity index (χ0) is 11.1. The second-order valence-corrected chi connectivity index (χ2v) is 3.25. The maximum Gasteiger partial charge on any atom is 0.0642 e. The fourth-order valence-electron chi connectivity index (χ4n) is 1.55. The summed E-state index contributed by atoms with van der Waals surface area (Å²) in [4.78, 5) is 6.51. The summed E-state index contributed by atoms with van der Waals surface area (Å²) in [6.45, 7) is 9.67.